The van der Waals surface area contributed by atoms with Crippen molar-refractivity contribution in [1.82, 2.24) is 24.9 Å². The van der Waals surface area contributed by atoms with Gasteiger partial charge in [-0.05, 0) is 49.0 Å². The number of benzene rings is 1. The van der Waals surface area contributed by atoms with E-state index in [1.807, 2.05) is 36.5 Å². The third-order valence-electron chi connectivity index (χ3n) is 5.66. The highest BCUT2D eigenvalue weighted by Gasteiger charge is 2.47. The van der Waals surface area contributed by atoms with Gasteiger partial charge in [-0.1, -0.05) is 30.3 Å². The molecule has 28 heavy (non-hydrogen) atoms. The number of ether oxygens (including phenoxy) is 1. The minimum atomic E-state index is -0.405. The molecule has 0 aliphatic heterocycles. The smallest absolute Gasteiger partial charge is 0.408 e. The van der Waals surface area contributed by atoms with E-state index >= 15 is 0 Å². The maximum atomic E-state index is 12.6. The van der Waals surface area contributed by atoms with Crippen LogP contribution in [0.5, 0.6) is 0 Å². The van der Waals surface area contributed by atoms with Crippen molar-refractivity contribution in [2.75, 3.05) is 0 Å². The molecule has 2 heterocycles. The van der Waals surface area contributed by atoms with E-state index in [9.17, 15) is 4.79 Å². The van der Waals surface area contributed by atoms with E-state index in [0.29, 0.717) is 23.5 Å². The maximum absolute atomic E-state index is 12.6. The molecule has 1 amide bonds. The summed E-state index contributed by atoms with van der Waals surface area (Å²) in [5, 5.41) is 7.38. The number of hydrogen-bond donors (Lipinski definition) is 1. The first-order chi connectivity index (χ1) is 13.8. The first-order valence-electron chi connectivity index (χ1n) is 9.91. The number of alkyl carbamates (subject to hydrolysis) is 1. The summed E-state index contributed by atoms with van der Waals surface area (Å²) in [5.41, 5.74) is 1.78. The van der Waals surface area contributed by atoms with Gasteiger partial charge >= 0.3 is 6.09 Å². The average Bonchev–Trinajstić information content (AvgIpc) is 3.66. The molecule has 2 aliphatic carbocycles. The second-order valence-corrected chi connectivity index (χ2v) is 7.79. The molecule has 0 radical (unpaired) electrons. The van der Waals surface area contributed by atoms with Crippen molar-refractivity contribution >= 4 is 11.9 Å². The molecule has 1 N–H and O–H groups in total. The van der Waals surface area contributed by atoms with Gasteiger partial charge in [0.05, 0.1) is 30.3 Å². The Balaban J connectivity index is 1.37. The van der Waals surface area contributed by atoms with Crippen LogP contribution in [0.25, 0.3) is 5.78 Å². The van der Waals surface area contributed by atoms with Crippen LogP contribution in [0, 0.1) is 17.8 Å². The Hall–Kier alpha value is -2.96. The molecule has 0 saturated heterocycles. The van der Waals surface area contributed by atoms with Crippen molar-refractivity contribution in [3.8, 4) is 0 Å². The first kappa shape index (κ1) is 17.2. The van der Waals surface area contributed by atoms with Crippen LogP contribution in [0.1, 0.15) is 43.0 Å². The Labute approximate surface area is 163 Å². The van der Waals surface area contributed by atoms with Crippen LogP contribution in [0.3, 0.4) is 0 Å². The quantitative estimate of drug-likeness (QED) is 0.681. The second kappa shape index (κ2) is 7.22. The Morgan fingerprint density at radius 1 is 1.14 bits per heavy atom. The molecule has 0 bridgehead atoms. The summed E-state index contributed by atoms with van der Waals surface area (Å²) in [6, 6.07) is 9.54. The van der Waals surface area contributed by atoms with Gasteiger partial charge in [-0.2, -0.15) is 5.10 Å². The highest BCUT2D eigenvalue weighted by Crippen LogP contribution is 2.54. The number of carbonyl (C=O) groups is 1. The molecule has 0 unspecified atom stereocenters. The lowest BCUT2D eigenvalue weighted by Crippen LogP contribution is -2.36. The van der Waals surface area contributed by atoms with E-state index in [1.165, 1.54) is 25.7 Å². The highest BCUT2D eigenvalue weighted by molar-refractivity contribution is 5.68. The molecule has 7 nitrogen and oxygen atoms in total. The Morgan fingerprint density at radius 2 is 1.89 bits per heavy atom. The summed E-state index contributed by atoms with van der Waals surface area (Å²) in [5.74, 6) is 2.25. The number of aromatic nitrogens is 4. The highest BCUT2D eigenvalue weighted by atomic mass is 16.5. The molecule has 2 aliphatic rings. The molecule has 144 valence electrons. The normalized spacial score (nSPS) is 17.6. The van der Waals surface area contributed by atoms with Gasteiger partial charge < -0.3 is 10.1 Å². The Bertz CT molecular complexity index is 920. The zero-order valence-electron chi connectivity index (χ0n) is 15.6. The summed E-state index contributed by atoms with van der Waals surface area (Å²) in [6.45, 7) is 0.255. The number of nitrogens with one attached hydrogen (secondary N) is 1. The molecule has 1 aromatic carbocycles. The molecule has 3 aromatic rings. The molecular formula is C21H23N5O2. The number of hydrogen-bond acceptors (Lipinski definition) is 5. The lowest BCUT2D eigenvalue weighted by atomic mass is 9.88. The Morgan fingerprint density at radius 3 is 2.57 bits per heavy atom. The molecule has 2 saturated carbocycles. The van der Waals surface area contributed by atoms with E-state index in [-0.39, 0.29) is 12.6 Å². The first-order valence-corrected chi connectivity index (χ1v) is 9.91. The largest absolute Gasteiger partial charge is 0.445 e. The molecular weight excluding hydrogens is 354 g/mol. The van der Waals surface area contributed by atoms with Crippen molar-refractivity contribution < 1.29 is 9.53 Å². The molecule has 7 heteroatoms. The summed E-state index contributed by atoms with van der Waals surface area (Å²) < 4.78 is 7.15. The SMILES string of the molecule is O=C(N[C@H](c1cn2nccnc2n1)C(C1CC1)C1CC1)OCc1ccccc1. The summed E-state index contributed by atoms with van der Waals surface area (Å²) in [7, 11) is 0. The summed E-state index contributed by atoms with van der Waals surface area (Å²) in [4.78, 5) is 21.5. The number of nitrogens with zero attached hydrogens (tertiary/aromatic N) is 4. The molecule has 5 rings (SSSR count). The number of imidazole rings is 1. The average molecular weight is 377 g/mol. The summed E-state index contributed by atoms with van der Waals surface area (Å²) >= 11 is 0. The lowest BCUT2D eigenvalue weighted by molar-refractivity contribution is 0.128. The zero-order valence-corrected chi connectivity index (χ0v) is 15.6. The molecule has 2 aromatic heterocycles. The third-order valence-corrected chi connectivity index (χ3v) is 5.66. The fourth-order valence-corrected chi connectivity index (χ4v) is 4.05. The number of amides is 1. The van der Waals surface area contributed by atoms with Gasteiger partial charge in [0.15, 0.2) is 0 Å². The van der Waals surface area contributed by atoms with Crippen molar-refractivity contribution in [2.45, 2.75) is 38.3 Å². The predicted octanol–water partition coefficient (Wildman–Crippen LogP) is 3.53. The Kier molecular flexibility index (Phi) is 4.43. The van der Waals surface area contributed by atoms with Gasteiger partial charge in [0.2, 0.25) is 0 Å². The fourth-order valence-electron chi connectivity index (χ4n) is 4.05. The monoisotopic (exact) mass is 377 g/mol. The molecule has 2 fully saturated rings. The molecule has 1 atom stereocenters. The van der Waals surface area contributed by atoms with Crippen molar-refractivity contribution in [3.63, 3.8) is 0 Å². The van der Waals surface area contributed by atoms with E-state index in [0.717, 1.165) is 11.3 Å². The van der Waals surface area contributed by atoms with Gasteiger partial charge in [0.1, 0.15) is 6.61 Å². The fraction of sp³-hybridized carbons (Fsp3) is 0.429. The summed E-state index contributed by atoms with van der Waals surface area (Å²) in [6.07, 6.45) is 9.63. The van der Waals surface area contributed by atoms with Gasteiger partial charge in [-0.15, -0.1) is 0 Å². The van der Waals surface area contributed by atoms with Crippen LogP contribution in [0.4, 0.5) is 4.79 Å². The lowest BCUT2D eigenvalue weighted by Gasteiger charge is -2.26. The minimum absolute atomic E-state index is 0.174. The van der Waals surface area contributed by atoms with E-state index < -0.39 is 6.09 Å². The van der Waals surface area contributed by atoms with Crippen LogP contribution in [-0.2, 0) is 11.3 Å². The number of fused-ring (bicyclic) bond motifs is 1. The van der Waals surface area contributed by atoms with Gasteiger partial charge in [-0.3, -0.25) is 0 Å². The zero-order chi connectivity index (χ0) is 18.9. The van der Waals surface area contributed by atoms with Gasteiger partial charge in [0, 0.05) is 0 Å². The van der Waals surface area contributed by atoms with E-state index in [2.05, 4.69) is 20.4 Å². The van der Waals surface area contributed by atoms with Gasteiger partial charge in [-0.25, -0.2) is 19.3 Å². The minimum Gasteiger partial charge on any atom is -0.445 e. The number of rotatable bonds is 7. The van der Waals surface area contributed by atoms with Crippen molar-refractivity contribution in [3.05, 3.63) is 60.2 Å². The molecule has 0 spiro atoms. The second-order valence-electron chi connectivity index (χ2n) is 7.79. The third kappa shape index (κ3) is 3.69. The van der Waals surface area contributed by atoms with Crippen LogP contribution < -0.4 is 5.32 Å². The predicted molar refractivity (Wildman–Crippen MR) is 102 cm³/mol. The standard InChI is InChI=1S/C21H23N5O2/c27-21(28-13-14-4-2-1-3-5-14)25-19(18(15-6-7-15)16-8-9-16)17-12-26-20(24-17)22-10-11-23-26/h1-5,10-12,15-16,18-19H,6-9,13H2,(H,25,27)/t19-/m1/s1. The van der Waals surface area contributed by atoms with E-state index in [1.54, 1.807) is 16.9 Å². The van der Waals surface area contributed by atoms with Crippen LogP contribution in [0.2, 0.25) is 0 Å². The van der Waals surface area contributed by atoms with Crippen molar-refractivity contribution in [2.24, 2.45) is 17.8 Å². The van der Waals surface area contributed by atoms with Gasteiger partial charge in [0.25, 0.3) is 5.78 Å². The van der Waals surface area contributed by atoms with Crippen molar-refractivity contribution in [1.29, 1.82) is 0 Å². The van der Waals surface area contributed by atoms with Crippen LogP contribution in [0.15, 0.2) is 48.9 Å². The maximum Gasteiger partial charge on any atom is 0.408 e. The van der Waals surface area contributed by atoms with E-state index in [4.69, 9.17) is 4.74 Å². The topological polar surface area (TPSA) is 81.4 Å². The van der Waals surface area contributed by atoms with Crippen LogP contribution in [-0.4, -0.2) is 25.7 Å². The van der Waals surface area contributed by atoms with Crippen LogP contribution >= 0.6 is 0 Å². The number of carbonyl (C=O) groups excluding carboxylic acids is 1.